The van der Waals surface area contributed by atoms with Gasteiger partial charge in [-0.15, -0.1) is 11.3 Å². The van der Waals surface area contributed by atoms with Gasteiger partial charge >= 0.3 is 0 Å². The van der Waals surface area contributed by atoms with E-state index in [4.69, 9.17) is 21.1 Å². The number of carbonyl (C=O) groups excluding carboxylic acids is 1. The van der Waals surface area contributed by atoms with E-state index in [9.17, 15) is 9.18 Å². The van der Waals surface area contributed by atoms with Crippen molar-refractivity contribution in [1.82, 2.24) is 14.7 Å². The molecule has 1 N–H and O–H groups in total. The summed E-state index contributed by atoms with van der Waals surface area (Å²) in [7, 11) is 0. The molecular weight excluding hydrogens is 393 g/mol. The Balaban J connectivity index is 1.38. The Morgan fingerprint density at radius 1 is 1.48 bits per heavy atom. The average Bonchev–Trinajstić information content (AvgIpc) is 3.20. The molecule has 3 aromatic rings. The Labute approximate surface area is 163 Å². The van der Waals surface area contributed by atoms with Crippen molar-refractivity contribution in [3.8, 4) is 5.75 Å². The van der Waals surface area contributed by atoms with Crippen molar-refractivity contribution in [2.75, 3.05) is 13.3 Å². The number of aromatic nitrogens is 2. The van der Waals surface area contributed by atoms with Crippen LogP contribution in [0.4, 0.5) is 4.39 Å². The summed E-state index contributed by atoms with van der Waals surface area (Å²) in [6.45, 7) is 0.805. The van der Waals surface area contributed by atoms with Gasteiger partial charge in [0.05, 0.1) is 12.3 Å². The Hall–Kier alpha value is -2.42. The van der Waals surface area contributed by atoms with E-state index in [1.807, 2.05) is 16.0 Å². The summed E-state index contributed by atoms with van der Waals surface area (Å²) >= 11 is 7.55. The van der Waals surface area contributed by atoms with Crippen molar-refractivity contribution in [1.29, 1.82) is 0 Å². The number of halogens is 2. The lowest BCUT2D eigenvalue weighted by Crippen LogP contribution is -2.24. The second-order valence-corrected chi connectivity index (χ2v) is 7.11. The summed E-state index contributed by atoms with van der Waals surface area (Å²) in [6, 6.07) is 2.82. The van der Waals surface area contributed by atoms with E-state index in [-0.39, 0.29) is 18.5 Å². The van der Waals surface area contributed by atoms with Crippen molar-refractivity contribution >= 4 is 39.9 Å². The molecule has 4 rings (SSSR count). The molecule has 0 radical (unpaired) electrons. The van der Waals surface area contributed by atoms with Gasteiger partial charge in [0.2, 0.25) is 5.91 Å². The van der Waals surface area contributed by atoms with E-state index in [1.54, 1.807) is 6.08 Å². The first-order valence-electron chi connectivity index (χ1n) is 8.20. The molecule has 1 aliphatic heterocycles. The number of nitrogens with zero attached hydrogens (tertiary/aromatic N) is 2. The fourth-order valence-corrected chi connectivity index (χ4v) is 3.91. The summed E-state index contributed by atoms with van der Waals surface area (Å²) < 4.78 is 26.2. The van der Waals surface area contributed by atoms with Crippen molar-refractivity contribution in [3.05, 3.63) is 57.6 Å². The lowest BCUT2D eigenvalue weighted by atomic mass is 10.1. The van der Waals surface area contributed by atoms with Gasteiger partial charge in [0.1, 0.15) is 11.6 Å². The summed E-state index contributed by atoms with van der Waals surface area (Å²) in [5, 5.41) is 5.01. The minimum absolute atomic E-state index is 0.143. The third-order valence-electron chi connectivity index (χ3n) is 4.09. The maximum atomic E-state index is 13.7. The van der Waals surface area contributed by atoms with E-state index in [0.29, 0.717) is 47.3 Å². The average molecular weight is 408 g/mol. The number of amides is 1. The van der Waals surface area contributed by atoms with Gasteiger partial charge in [-0.05, 0) is 30.2 Å². The SMILES string of the molecule is O=C(/C=C/c1c(Cl)nc2sccn12)NCCc1cc(F)cc2c1OCOC2. The zero-order valence-corrected chi connectivity index (χ0v) is 15.6. The molecule has 0 saturated carbocycles. The number of thiazole rings is 1. The molecule has 1 aromatic carbocycles. The predicted octanol–water partition coefficient (Wildman–Crippen LogP) is 3.43. The van der Waals surface area contributed by atoms with Gasteiger partial charge in [0, 0.05) is 29.8 Å². The van der Waals surface area contributed by atoms with Gasteiger partial charge in [-0.1, -0.05) is 11.6 Å². The van der Waals surface area contributed by atoms with Crippen LogP contribution in [-0.2, 0) is 22.6 Å². The highest BCUT2D eigenvalue weighted by Crippen LogP contribution is 2.29. The van der Waals surface area contributed by atoms with Crippen molar-refractivity contribution in [2.24, 2.45) is 0 Å². The normalized spacial score (nSPS) is 13.7. The van der Waals surface area contributed by atoms with Crippen LogP contribution in [-0.4, -0.2) is 28.6 Å². The molecule has 0 aliphatic carbocycles. The Morgan fingerprint density at radius 3 is 3.26 bits per heavy atom. The molecule has 1 aliphatic rings. The smallest absolute Gasteiger partial charge is 0.244 e. The molecule has 0 atom stereocenters. The molecule has 2 aromatic heterocycles. The first-order chi connectivity index (χ1) is 13.1. The van der Waals surface area contributed by atoms with Gasteiger partial charge in [-0.25, -0.2) is 9.37 Å². The van der Waals surface area contributed by atoms with E-state index in [2.05, 4.69) is 10.3 Å². The fraction of sp³-hybridized carbons (Fsp3) is 0.222. The van der Waals surface area contributed by atoms with Crippen LogP contribution >= 0.6 is 22.9 Å². The highest BCUT2D eigenvalue weighted by Gasteiger charge is 2.17. The van der Waals surface area contributed by atoms with Crippen LogP contribution in [0.2, 0.25) is 5.15 Å². The molecule has 9 heteroatoms. The molecular formula is C18H15ClFN3O3S. The Kier molecular flexibility index (Phi) is 5.11. The quantitative estimate of drug-likeness (QED) is 0.658. The number of imidazole rings is 1. The topological polar surface area (TPSA) is 64.9 Å². The standard InChI is InChI=1S/C18H15ClFN3O3S/c19-17-14(23-5-6-27-18(23)22-17)1-2-15(24)21-4-3-11-7-13(20)8-12-9-25-10-26-16(11)12/h1-2,5-8H,3-4,9-10H2,(H,21,24)/b2-1+. The molecule has 6 nitrogen and oxygen atoms in total. The van der Waals surface area contributed by atoms with Gasteiger partial charge in [0.25, 0.3) is 0 Å². The predicted molar refractivity (Wildman–Crippen MR) is 101 cm³/mol. The lowest BCUT2D eigenvalue weighted by molar-refractivity contribution is -0.116. The first kappa shape index (κ1) is 18.0. The van der Waals surface area contributed by atoms with E-state index >= 15 is 0 Å². The van der Waals surface area contributed by atoms with Crippen LogP contribution in [0.15, 0.2) is 29.8 Å². The molecule has 0 fully saturated rings. The van der Waals surface area contributed by atoms with Crippen LogP contribution < -0.4 is 10.1 Å². The van der Waals surface area contributed by atoms with E-state index < -0.39 is 0 Å². The lowest BCUT2D eigenvalue weighted by Gasteiger charge is -2.20. The summed E-state index contributed by atoms with van der Waals surface area (Å²) in [5.41, 5.74) is 2.03. The summed E-state index contributed by atoms with van der Waals surface area (Å²) in [6.07, 6.45) is 5.31. The van der Waals surface area contributed by atoms with Crippen LogP contribution in [0.5, 0.6) is 5.75 Å². The maximum Gasteiger partial charge on any atom is 0.244 e. The first-order valence-corrected chi connectivity index (χ1v) is 9.46. The number of rotatable bonds is 5. The van der Waals surface area contributed by atoms with Crippen LogP contribution in [0.1, 0.15) is 16.8 Å². The van der Waals surface area contributed by atoms with Crippen LogP contribution in [0.3, 0.4) is 0 Å². The molecule has 3 heterocycles. The zero-order chi connectivity index (χ0) is 18.8. The van der Waals surface area contributed by atoms with Gasteiger partial charge in [0.15, 0.2) is 16.9 Å². The van der Waals surface area contributed by atoms with Gasteiger partial charge in [-0.2, -0.15) is 0 Å². The molecule has 0 bridgehead atoms. The Morgan fingerprint density at radius 2 is 2.37 bits per heavy atom. The maximum absolute atomic E-state index is 13.7. The number of fused-ring (bicyclic) bond motifs is 2. The van der Waals surface area contributed by atoms with Crippen molar-refractivity contribution < 1.29 is 18.7 Å². The Bertz CT molecular complexity index is 1030. The van der Waals surface area contributed by atoms with Gasteiger partial charge < -0.3 is 14.8 Å². The molecule has 0 saturated heterocycles. The second-order valence-electron chi connectivity index (χ2n) is 5.88. The largest absolute Gasteiger partial charge is 0.467 e. The van der Waals surface area contributed by atoms with Crippen LogP contribution in [0, 0.1) is 5.82 Å². The zero-order valence-electron chi connectivity index (χ0n) is 14.1. The van der Waals surface area contributed by atoms with Gasteiger partial charge in [-0.3, -0.25) is 9.20 Å². The number of hydrogen-bond donors (Lipinski definition) is 1. The number of carbonyl (C=O) groups is 1. The minimum Gasteiger partial charge on any atom is -0.467 e. The number of ether oxygens (including phenoxy) is 2. The van der Waals surface area contributed by atoms with Crippen LogP contribution in [0.25, 0.3) is 11.0 Å². The van der Waals surface area contributed by atoms with Crippen molar-refractivity contribution in [3.63, 3.8) is 0 Å². The second kappa shape index (κ2) is 7.67. The molecule has 1 amide bonds. The van der Waals surface area contributed by atoms with E-state index in [0.717, 1.165) is 4.96 Å². The third-order valence-corrected chi connectivity index (χ3v) is 5.13. The number of nitrogens with one attached hydrogen (secondary N) is 1. The summed E-state index contributed by atoms with van der Waals surface area (Å²) in [4.78, 5) is 17.0. The monoisotopic (exact) mass is 407 g/mol. The third kappa shape index (κ3) is 3.83. The van der Waals surface area contributed by atoms with E-state index in [1.165, 1.54) is 29.5 Å². The summed E-state index contributed by atoms with van der Waals surface area (Å²) in [5.74, 6) is 0.0170. The highest BCUT2D eigenvalue weighted by molar-refractivity contribution is 7.15. The molecule has 0 spiro atoms. The molecule has 27 heavy (non-hydrogen) atoms. The number of benzene rings is 1. The fourth-order valence-electron chi connectivity index (χ4n) is 2.90. The highest BCUT2D eigenvalue weighted by atomic mass is 35.5. The number of hydrogen-bond acceptors (Lipinski definition) is 5. The molecule has 140 valence electrons. The minimum atomic E-state index is -0.348. The van der Waals surface area contributed by atoms with Crippen molar-refractivity contribution in [2.45, 2.75) is 13.0 Å². The molecule has 0 unspecified atom stereocenters.